The lowest BCUT2D eigenvalue weighted by Gasteiger charge is -2.36. The average molecular weight is 401 g/mol. The molecule has 146 valence electrons. The number of hydrogen-bond acceptors (Lipinski definition) is 2. The van der Waals surface area contributed by atoms with E-state index in [1.807, 2.05) is 17.0 Å². The number of carbonyl (C=O) groups excluding carboxylic acids is 2. The van der Waals surface area contributed by atoms with Gasteiger partial charge in [-0.3, -0.25) is 9.59 Å². The van der Waals surface area contributed by atoms with Gasteiger partial charge >= 0.3 is 0 Å². The van der Waals surface area contributed by atoms with Crippen LogP contribution in [-0.2, 0) is 17.8 Å². The van der Waals surface area contributed by atoms with Crippen LogP contribution in [0.15, 0.2) is 42.5 Å². The number of likely N-dealkylation sites (tertiary alicyclic amines) is 1. The van der Waals surface area contributed by atoms with Gasteiger partial charge in [-0.2, -0.15) is 0 Å². The van der Waals surface area contributed by atoms with Gasteiger partial charge in [0.2, 0.25) is 5.91 Å². The number of amides is 2. The van der Waals surface area contributed by atoms with Gasteiger partial charge in [-0.25, -0.2) is 4.39 Å². The summed E-state index contributed by atoms with van der Waals surface area (Å²) in [5.41, 5.74) is 2.56. The van der Waals surface area contributed by atoms with Crippen molar-refractivity contribution in [2.75, 3.05) is 19.6 Å². The molecule has 6 heteroatoms. The Kier molecular flexibility index (Phi) is 5.36. The van der Waals surface area contributed by atoms with Crippen LogP contribution in [0, 0.1) is 11.7 Å². The molecule has 1 fully saturated rings. The average Bonchev–Trinajstić information content (AvgIpc) is 2.72. The summed E-state index contributed by atoms with van der Waals surface area (Å²) in [4.78, 5) is 29.1. The molecule has 4 rings (SSSR count). The van der Waals surface area contributed by atoms with Crippen molar-refractivity contribution in [1.29, 1.82) is 0 Å². The highest BCUT2D eigenvalue weighted by Crippen LogP contribution is 2.26. The van der Waals surface area contributed by atoms with Gasteiger partial charge < -0.3 is 9.80 Å². The summed E-state index contributed by atoms with van der Waals surface area (Å²) in [6.07, 6.45) is 2.10. The van der Waals surface area contributed by atoms with Crippen molar-refractivity contribution in [1.82, 2.24) is 9.80 Å². The number of benzene rings is 2. The summed E-state index contributed by atoms with van der Waals surface area (Å²) < 4.78 is 14.0. The maximum atomic E-state index is 14.0. The van der Waals surface area contributed by atoms with Crippen LogP contribution in [0.1, 0.15) is 34.3 Å². The number of rotatable bonds is 2. The number of carbonyl (C=O) groups is 2. The van der Waals surface area contributed by atoms with Gasteiger partial charge in [-0.15, -0.1) is 0 Å². The highest BCUT2D eigenvalue weighted by molar-refractivity contribution is 6.30. The lowest BCUT2D eigenvalue weighted by molar-refractivity contribution is -0.137. The number of fused-ring (bicyclic) bond motifs is 1. The highest BCUT2D eigenvalue weighted by Gasteiger charge is 2.32. The Morgan fingerprint density at radius 3 is 2.39 bits per heavy atom. The topological polar surface area (TPSA) is 40.6 Å². The first-order valence-corrected chi connectivity index (χ1v) is 10.0. The lowest BCUT2D eigenvalue weighted by Crippen LogP contribution is -2.45. The number of hydrogen-bond donors (Lipinski definition) is 0. The molecule has 0 aliphatic carbocycles. The van der Waals surface area contributed by atoms with Gasteiger partial charge in [0.1, 0.15) is 5.82 Å². The highest BCUT2D eigenvalue weighted by atomic mass is 35.5. The van der Waals surface area contributed by atoms with Crippen molar-refractivity contribution in [3.05, 3.63) is 70.0 Å². The first-order chi connectivity index (χ1) is 13.5. The van der Waals surface area contributed by atoms with E-state index in [1.165, 1.54) is 23.3 Å². The Hall–Kier alpha value is -2.40. The standard InChI is InChI=1S/C22H22ClFN2O2/c23-18-5-6-19(20(24)13-18)22(28)25-10-8-16(9-11-25)21(27)26-12-7-15-3-1-2-4-17(15)14-26/h1-6,13,16H,7-12,14H2. The second kappa shape index (κ2) is 7.92. The minimum absolute atomic E-state index is 0.0295. The molecule has 2 aromatic rings. The van der Waals surface area contributed by atoms with Gasteiger partial charge in [0, 0.05) is 37.1 Å². The minimum Gasteiger partial charge on any atom is -0.339 e. The molecule has 2 aromatic carbocycles. The fourth-order valence-electron chi connectivity index (χ4n) is 4.10. The van der Waals surface area contributed by atoms with Crippen LogP contribution < -0.4 is 0 Å². The van der Waals surface area contributed by atoms with Crippen molar-refractivity contribution in [2.24, 2.45) is 5.92 Å². The predicted octanol–water partition coefficient (Wildman–Crippen LogP) is 3.92. The summed E-state index contributed by atoms with van der Waals surface area (Å²) in [6, 6.07) is 12.3. The first-order valence-electron chi connectivity index (χ1n) is 9.63. The lowest BCUT2D eigenvalue weighted by atomic mass is 9.92. The van der Waals surface area contributed by atoms with E-state index in [-0.39, 0.29) is 28.3 Å². The Morgan fingerprint density at radius 2 is 1.68 bits per heavy atom. The zero-order valence-electron chi connectivity index (χ0n) is 15.5. The van der Waals surface area contributed by atoms with Crippen LogP contribution >= 0.6 is 11.6 Å². The van der Waals surface area contributed by atoms with Crippen molar-refractivity contribution < 1.29 is 14.0 Å². The van der Waals surface area contributed by atoms with E-state index in [0.717, 1.165) is 19.0 Å². The Labute approximate surface area is 168 Å². The summed E-state index contributed by atoms with van der Waals surface area (Å²) in [7, 11) is 0. The van der Waals surface area contributed by atoms with E-state index in [4.69, 9.17) is 11.6 Å². The third kappa shape index (κ3) is 3.76. The van der Waals surface area contributed by atoms with Gasteiger partial charge in [0.15, 0.2) is 0 Å². The fraction of sp³-hybridized carbons (Fsp3) is 0.364. The normalized spacial score (nSPS) is 17.4. The second-order valence-corrected chi connectivity index (χ2v) is 7.91. The molecule has 0 aromatic heterocycles. The van der Waals surface area contributed by atoms with Crippen molar-refractivity contribution in [2.45, 2.75) is 25.8 Å². The van der Waals surface area contributed by atoms with Gasteiger partial charge in [-0.1, -0.05) is 35.9 Å². The Morgan fingerprint density at radius 1 is 0.964 bits per heavy atom. The number of piperidine rings is 1. The zero-order chi connectivity index (χ0) is 19.7. The molecule has 0 spiro atoms. The van der Waals surface area contributed by atoms with Crippen LogP contribution in [-0.4, -0.2) is 41.2 Å². The van der Waals surface area contributed by atoms with Crippen LogP contribution in [0.25, 0.3) is 0 Å². The van der Waals surface area contributed by atoms with E-state index in [0.29, 0.717) is 32.5 Å². The minimum atomic E-state index is -0.609. The first kappa shape index (κ1) is 18.9. The quantitative estimate of drug-likeness (QED) is 0.766. The Balaban J connectivity index is 1.36. The second-order valence-electron chi connectivity index (χ2n) is 7.47. The van der Waals surface area contributed by atoms with E-state index >= 15 is 0 Å². The number of nitrogens with zero attached hydrogens (tertiary/aromatic N) is 2. The summed E-state index contributed by atoms with van der Waals surface area (Å²) in [5, 5.41) is 0.265. The molecule has 0 atom stereocenters. The molecule has 4 nitrogen and oxygen atoms in total. The van der Waals surface area contributed by atoms with Gasteiger partial charge in [-0.05, 0) is 48.6 Å². The van der Waals surface area contributed by atoms with E-state index in [9.17, 15) is 14.0 Å². The summed E-state index contributed by atoms with van der Waals surface area (Å²) in [5.74, 6) is -0.863. The molecule has 0 radical (unpaired) electrons. The monoisotopic (exact) mass is 400 g/mol. The molecule has 1 saturated heterocycles. The van der Waals surface area contributed by atoms with Crippen molar-refractivity contribution >= 4 is 23.4 Å². The van der Waals surface area contributed by atoms with Crippen LogP contribution in [0.5, 0.6) is 0 Å². The smallest absolute Gasteiger partial charge is 0.256 e. The molecular formula is C22H22ClFN2O2. The maximum Gasteiger partial charge on any atom is 0.256 e. The molecule has 2 aliphatic rings. The summed E-state index contributed by atoms with van der Waals surface area (Å²) in [6.45, 7) is 2.32. The third-order valence-corrected chi connectivity index (χ3v) is 5.97. The SMILES string of the molecule is O=C(c1ccc(Cl)cc1F)N1CCC(C(=O)N2CCc3ccccc3C2)CC1. The maximum absolute atomic E-state index is 14.0. The third-order valence-electron chi connectivity index (χ3n) is 5.74. The molecule has 2 amide bonds. The van der Waals surface area contributed by atoms with Crippen LogP contribution in [0.4, 0.5) is 4.39 Å². The predicted molar refractivity (Wildman–Crippen MR) is 106 cm³/mol. The molecule has 0 N–H and O–H groups in total. The van der Waals surface area contributed by atoms with Gasteiger partial charge in [0.05, 0.1) is 5.56 Å². The molecule has 28 heavy (non-hydrogen) atoms. The van der Waals surface area contributed by atoms with E-state index in [1.54, 1.807) is 4.90 Å². The van der Waals surface area contributed by atoms with Gasteiger partial charge in [0.25, 0.3) is 5.91 Å². The fourth-order valence-corrected chi connectivity index (χ4v) is 4.26. The number of halogens is 2. The van der Waals surface area contributed by atoms with Crippen molar-refractivity contribution in [3.63, 3.8) is 0 Å². The molecule has 0 saturated carbocycles. The largest absolute Gasteiger partial charge is 0.339 e. The van der Waals surface area contributed by atoms with Crippen LogP contribution in [0.3, 0.4) is 0 Å². The molecule has 2 aliphatic heterocycles. The van der Waals surface area contributed by atoms with E-state index < -0.39 is 5.82 Å². The molecule has 0 bridgehead atoms. The Bertz CT molecular complexity index is 909. The molecular weight excluding hydrogens is 379 g/mol. The van der Waals surface area contributed by atoms with Crippen LogP contribution in [0.2, 0.25) is 5.02 Å². The molecule has 0 unspecified atom stereocenters. The van der Waals surface area contributed by atoms with E-state index in [2.05, 4.69) is 12.1 Å². The van der Waals surface area contributed by atoms with Crippen molar-refractivity contribution in [3.8, 4) is 0 Å². The zero-order valence-corrected chi connectivity index (χ0v) is 16.3. The molecule has 2 heterocycles. The summed E-state index contributed by atoms with van der Waals surface area (Å²) >= 11 is 5.76.